The molecule has 128 valence electrons. The number of carbonyl (C=O) groups excluding carboxylic acids is 1. The highest BCUT2D eigenvalue weighted by molar-refractivity contribution is 7.17. The Labute approximate surface area is 154 Å². The van der Waals surface area contributed by atoms with E-state index in [0.717, 1.165) is 33.1 Å². The Kier molecular flexibility index (Phi) is 2.78. The van der Waals surface area contributed by atoms with Gasteiger partial charge in [0, 0.05) is 28.0 Å². The smallest absolute Gasteiger partial charge is 0.254 e. The molecule has 0 spiro atoms. The van der Waals surface area contributed by atoms with Crippen LogP contribution in [0.25, 0.3) is 32.2 Å². The number of nitrogens with one attached hydrogen (secondary N) is 1. The third kappa shape index (κ3) is 1.90. The van der Waals surface area contributed by atoms with Gasteiger partial charge in [-0.05, 0) is 23.1 Å². The molecule has 1 N–H and O–H groups in total. The van der Waals surface area contributed by atoms with Crippen molar-refractivity contribution in [1.82, 2.24) is 5.32 Å². The lowest BCUT2D eigenvalue weighted by Gasteiger charge is -2.17. The summed E-state index contributed by atoms with van der Waals surface area (Å²) in [7, 11) is 0. The number of rotatable bonds is 2. The van der Waals surface area contributed by atoms with Crippen molar-refractivity contribution in [1.29, 1.82) is 0 Å². The van der Waals surface area contributed by atoms with Crippen molar-refractivity contribution in [3.8, 4) is 0 Å². The highest BCUT2D eigenvalue weighted by Gasteiger charge is 2.50. The third-order valence-corrected chi connectivity index (χ3v) is 6.03. The maximum Gasteiger partial charge on any atom is 0.254 e. The van der Waals surface area contributed by atoms with Gasteiger partial charge in [-0.2, -0.15) is 0 Å². The zero-order chi connectivity index (χ0) is 17.3. The molecule has 26 heavy (non-hydrogen) atoms. The van der Waals surface area contributed by atoms with E-state index in [1.165, 1.54) is 4.70 Å². The summed E-state index contributed by atoms with van der Waals surface area (Å²) in [6, 6.07) is 16.0. The molecule has 1 amide bonds. The fourth-order valence-electron chi connectivity index (χ4n) is 3.82. The molecule has 2 aliphatic rings. The first-order chi connectivity index (χ1) is 12.8. The summed E-state index contributed by atoms with van der Waals surface area (Å²) in [5.74, 6) is -0.111. The standard InChI is InChI=1S/C21H13NO3S.H2/c23-20-18(13-9-24-15-7-3-1-5-11(13)15)17(19-21(22-20)25-19)14-10-26-16-8-4-2-6-12(14)16;/h1-10,19,21H,(H,22,23);1H. The lowest BCUT2D eigenvalue weighted by Crippen LogP contribution is -2.33. The third-order valence-electron chi connectivity index (χ3n) is 5.07. The molecule has 2 unspecified atom stereocenters. The van der Waals surface area contributed by atoms with Crippen molar-refractivity contribution in [3.63, 3.8) is 0 Å². The predicted octanol–water partition coefficient (Wildman–Crippen LogP) is 4.66. The molecule has 2 aromatic heterocycles. The number of thiophene rings is 1. The second-order valence-corrected chi connectivity index (χ2v) is 7.44. The van der Waals surface area contributed by atoms with E-state index in [1.807, 2.05) is 36.4 Å². The van der Waals surface area contributed by atoms with Gasteiger partial charge in [-0.3, -0.25) is 4.79 Å². The molecule has 4 aromatic rings. The molecule has 0 bridgehead atoms. The molecule has 4 nitrogen and oxygen atoms in total. The van der Waals surface area contributed by atoms with E-state index in [9.17, 15) is 4.79 Å². The molecule has 1 fully saturated rings. The van der Waals surface area contributed by atoms with E-state index in [2.05, 4.69) is 22.8 Å². The van der Waals surface area contributed by atoms with Crippen LogP contribution in [-0.2, 0) is 9.53 Å². The van der Waals surface area contributed by atoms with Crippen LogP contribution in [0.1, 0.15) is 12.6 Å². The van der Waals surface area contributed by atoms with E-state index in [-0.39, 0.29) is 19.7 Å². The minimum atomic E-state index is -0.224. The molecule has 2 aromatic carbocycles. The summed E-state index contributed by atoms with van der Waals surface area (Å²) in [5.41, 5.74) is 4.28. The van der Waals surface area contributed by atoms with Crippen molar-refractivity contribution in [2.75, 3.05) is 0 Å². The van der Waals surface area contributed by atoms with Gasteiger partial charge in [-0.1, -0.05) is 36.4 Å². The van der Waals surface area contributed by atoms with Crippen molar-refractivity contribution in [2.45, 2.75) is 12.3 Å². The Hall–Kier alpha value is -2.89. The van der Waals surface area contributed by atoms with Gasteiger partial charge < -0.3 is 14.5 Å². The van der Waals surface area contributed by atoms with Gasteiger partial charge in [0.2, 0.25) is 0 Å². The number of para-hydroxylation sites is 1. The molecule has 0 saturated carbocycles. The van der Waals surface area contributed by atoms with Crippen LogP contribution >= 0.6 is 11.3 Å². The summed E-state index contributed by atoms with van der Waals surface area (Å²) >= 11 is 1.69. The largest absolute Gasteiger partial charge is 0.464 e. The Morgan fingerprint density at radius 1 is 1.00 bits per heavy atom. The zero-order valence-electron chi connectivity index (χ0n) is 13.6. The number of fused-ring (bicyclic) bond motifs is 3. The van der Waals surface area contributed by atoms with Gasteiger partial charge in [0.05, 0.1) is 11.8 Å². The van der Waals surface area contributed by atoms with E-state index in [0.29, 0.717) is 5.57 Å². The van der Waals surface area contributed by atoms with Crippen molar-refractivity contribution in [2.24, 2.45) is 0 Å². The normalized spacial score (nSPS) is 21.9. The van der Waals surface area contributed by atoms with Crippen LogP contribution < -0.4 is 5.32 Å². The first-order valence-electron chi connectivity index (χ1n) is 8.45. The number of hydrogen-bond donors (Lipinski definition) is 1. The van der Waals surface area contributed by atoms with Gasteiger partial charge >= 0.3 is 0 Å². The maximum absolute atomic E-state index is 12.9. The second kappa shape index (κ2) is 5.06. The lowest BCUT2D eigenvalue weighted by molar-refractivity contribution is -0.116. The minimum Gasteiger partial charge on any atom is -0.464 e. The number of epoxide rings is 1. The van der Waals surface area contributed by atoms with Crippen LogP contribution in [0.2, 0.25) is 0 Å². The number of furan rings is 1. The molecule has 0 radical (unpaired) electrons. The first kappa shape index (κ1) is 14.3. The lowest BCUT2D eigenvalue weighted by atomic mass is 9.89. The number of amides is 1. The van der Waals surface area contributed by atoms with Gasteiger partial charge in [0.15, 0.2) is 6.23 Å². The summed E-state index contributed by atoms with van der Waals surface area (Å²) in [6.45, 7) is 0. The molecule has 4 heterocycles. The summed E-state index contributed by atoms with van der Waals surface area (Å²) in [4.78, 5) is 12.9. The summed E-state index contributed by atoms with van der Waals surface area (Å²) < 4.78 is 12.7. The fourth-order valence-corrected chi connectivity index (χ4v) is 4.78. The summed E-state index contributed by atoms with van der Waals surface area (Å²) in [6.07, 6.45) is 1.35. The number of benzene rings is 2. The Morgan fingerprint density at radius 3 is 2.73 bits per heavy atom. The van der Waals surface area contributed by atoms with Gasteiger partial charge in [-0.25, -0.2) is 0 Å². The molecular formula is C21H15NO3S. The minimum absolute atomic E-state index is 0. The van der Waals surface area contributed by atoms with Gasteiger partial charge in [-0.15, -0.1) is 11.3 Å². The van der Waals surface area contributed by atoms with Gasteiger partial charge in [0.1, 0.15) is 11.7 Å². The van der Waals surface area contributed by atoms with E-state index < -0.39 is 0 Å². The van der Waals surface area contributed by atoms with Crippen LogP contribution in [0, 0.1) is 0 Å². The van der Waals surface area contributed by atoms with Crippen LogP contribution in [0.4, 0.5) is 0 Å². The Morgan fingerprint density at radius 2 is 1.81 bits per heavy atom. The summed E-state index contributed by atoms with van der Waals surface area (Å²) in [5, 5.41) is 7.16. The van der Waals surface area contributed by atoms with Gasteiger partial charge in [0.25, 0.3) is 5.91 Å². The van der Waals surface area contributed by atoms with Crippen molar-refractivity contribution < 1.29 is 15.4 Å². The SMILES string of the molecule is O=C1NC2OC2C(c2csc3ccccc23)=C1c1coc2ccccc12.[HH]. The number of carbonyl (C=O) groups is 1. The quantitative estimate of drug-likeness (QED) is 0.528. The van der Waals surface area contributed by atoms with E-state index >= 15 is 0 Å². The highest BCUT2D eigenvalue weighted by Crippen LogP contribution is 2.47. The van der Waals surface area contributed by atoms with Crippen LogP contribution in [0.5, 0.6) is 0 Å². The van der Waals surface area contributed by atoms with E-state index in [4.69, 9.17) is 9.15 Å². The predicted molar refractivity (Wildman–Crippen MR) is 104 cm³/mol. The Balaban J connectivity index is 0.00000160. The second-order valence-electron chi connectivity index (χ2n) is 6.53. The molecule has 0 aliphatic carbocycles. The van der Waals surface area contributed by atoms with Crippen LogP contribution in [-0.4, -0.2) is 18.2 Å². The van der Waals surface area contributed by atoms with E-state index in [1.54, 1.807) is 17.6 Å². The van der Waals surface area contributed by atoms with Crippen molar-refractivity contribution in [3.05, 3.63) is 71.3 Å². The molecular weight excluding hydrogens is 346 g/mol. The maximum atomic E-state index is 12.9. The van der Waals surface area contributed by atoms with Crippen LogP contribution in [0.15, 0.2) is 64.6 Å². The molecule has 1 saturated heterocycles. The Bertz CT molecular complexity index is 1240. The fraction of sp³-hybridized carbons (Fsp3) is 0.0952. The van der Waals surface area contributed by atoms with Crippen molar-refractivity contribution >= 4 is 49.4 Å². The topological polar surface area (TPSA) is 54.8 Å². The average Bonchev–Trinajstić information content (AvgIpc) is 3.13. The first-order valence-corrected chi connectivity index (χ1v) is 9.33. The average molecular weight is 361 g/mol. The monoisotopic (exact) mass is 361 g/mol. The zero-order valence-corrected chi connectivity index (χ0v) is 14.4. The number of hydrogen-bond acceptors (Lipinski definition) is 4. The number of ether oxygens (including phenoxy) is 1. The highest BCUT2D eigenvalue weighted by atomic mass is 32.1. The molecule has 2 atom stereocenters. The molecule has 5 heteroatoms. The molecule has 6 rings (SSSR count). The van der Waals surface area contributed by atoms with Crippen LogP contribution in [0.3, 0.4) is 0 Å². The molecule has 2 aliphatic heterocycles.